The van der Waals surface area contributed by atoms with Crippen LogP contribution in [0.4, 0.5) is 0 Å². The number of aliphatic hydroxyl groups is 1. The molecular weight excluding hydrogens is 374 g/mol. The third-order valence-corrected chi connectivity index (χ3v) is 1.64. The number of hydrogen-bond acceptors (Lipinski definition) is 8. The van der Waals surface area contributed by atoms with Gasteiger partial charge in [-0.3, -0.25) is 9.59 Å². The van der Waals surface area contributed by atoms with E-state index >= 15 is 0 Å². The zero-order chi connectivity index (χ0) is 17.2. The molecule has 0 aromatic carbocycles. The van der Waals surface area contributed by atoms with Gasteiger partial charge in [-0.1, -0.05) is 0 Å². The normalized spacial score (nSPS) is 9.43. The Balaban J connectivity index is -0.000000158. The molecule has 23 heavy (non-hydrogen) atoms. The molecule has 0 saturated heterocycles. The first-order valence-electron chi connectivity index (χ1n) is 4.90. The molecule has 4 N–H and O–H groups in total. The van der Waals surface area contributed by atoms with Crippen LogP contribution in [0.2, 0.25) is 0 Å². The van der Waals surface area contributed by atoms with E-state index in [9.17, 15) is 34.2 Å². The molecule has 0 heterocycles. The van der Waals surface area contributed by atoms with Crippen LogP contribution in [0.15, 0.2) is 12.2 Å². The van der Waals surface area contributed by atoms with Gasteiger partial charge in [-0.15, -0.1) is 0 Å². The van der Waals surface area contributed by atoms with Crippen LogP contribution in [-0.2, 0) is 24.0 Å². The van der Waals surface area contributed by atoms with Crippen molar-refractivity contribution < 1.29 is 157 Å². The van der Waals surface area contributed by atoms with E-state index in [0.717, 1.165) is 0 Å². The number of hydrogen-bond donors (Lipinski definition) is 4. The Morgan fingerprint density at radius 1 is 0.783 bits per heavy atom. The van der Waals surface area contributed by atoms with Crippen molar-refractivity contribution in [3.05, 3.63) is 12.2 Å². The summed E-state index contributed by atoms with van der Waals surface area (Å²) in [6, 6.07) is 0. The summed E-state index contributed by atoms with van der Waals surface area (Å²) in [5.41, 5.74) is -2.74. The number of rotatable bonds is 7. The van der Waals surface area contributed by atoms with Gasteiger partial charge in [0.15, 0.2) is 5.60 Å². The van der Waals surface area contributed by atoms with Crippen molar-refractivity contribution in [3.63, 3.8) is 0 Å². The van der Waals surface area contributed by atoms with Gasteiger partial charge in [0, 0.05) is 0 Å². The molecule has 0 unspecified atom stereocenters. The average Bonchev–Trinajstić information content (AvgIpc) is 2.24. The molecule has 0 bridgehead atoms. The van der Waals surface area contributed by atoms with Gasteiger partial charge in [-0.25, -0.2) is 4.79 Å². The van der Waals surface area contributed by atoms with E-state index < -0.39 is 48.3 Å². The average molecular weight is 384 g/mol. The Hall–Kier alpha value is 0.323. The van der Waals surface area contributed by atoms with Crippen molar-refractivity contribution in [3.8, 4) is 0 Å². The van der Waals surface area contributed by atoms with Gasteiger partial charge in [-0.2, -0.15) is 0 Å². The van der Waals surface area contributed by atoms with Crippen molar-refractivity contribution in [2.75, 3.05) is 0 Å². The Morgan fingerprint density at radius 3 is 1.17 bits per heavy atom. The van der Waals surface area contributed by atoms with Gasteiger partial charge < -0.3 is 40.2 Å². The van der Waals surface area contributed by atoms with Gasteiger partial charge in [0.2, 0.25) is 0 Å². The van der Waals surface area contributed by atoms with E-state index in [-0.39, 0.29) is 103 Å². The number of carboxylic acids is 5. The quantitative estimate of drug-likeness (QED) is 0.239. The molecule has 11 nitrogen and oxygen atoms in total. The molecule has 0 rings (SSSR count). The van der Waals surface area contributed by atoms with Gasteiger partial charge in [0.1, 0.15) is 0 Å². The summed E-state index contributed by atoms with van der Waals surface area (Å²) in [5, 5.41) is 52.6. The van der Waals surface area contributed by atoms with E-state index in [0.29, 0.717) is 12.2 Å². The predicted octanol–water partition coefficient (Wildman–Crippen LogP) is -10.2. The summed E-state index contributed by atoms with van der Waals surface area (Å²) in [4.78, 5) is 49.3. The van der Waals surface area contributed by atoms with Gasteiger partial charge in [0.05, 0.1) is 24.8 Å². The summed E-state index contributed by atoms with van der Waals surface area (Å²) < 4.78 is 0. The Bertz CT molecular complexity index is 439. The topological polar surface area (TPSA) is 212 Å². The molecular formula is C10H10K2O11. The smallest absolute Gasteiger partial charge is 0.545 e. The predicted molar refractivity (Wildman–Crippen MR) is 56.2 cm³/mol. The molecule has 0 aromatic heterocycles. The van der Waals surface area contributed by atoms with Crippen molar-refractivity contribution in [2.24, 2.45) is 0 Å². The minimum absolute atomic E-state index is 0. The second kappa shape index (κ2) is 15.8. The third-order valence-electron chi connectivity index (χ3n) is 1.64. The fourth-order valence-corrected chi connectivity index (χ4v) is 0.850. The summed E-state index contributed by atoms with van der Waals surface area (Å²) in [6.07, 6.45) is -1.52. The summed E-state index contributed by atoms with van der Waals surface area (Å²) >= 11 is 0. The van der Waals surface area contributed by atoms with Gasteiger partial charge >= 0.3 is 121 Å². The maximum atomic E-state index is 10.3. The standard InChI is InChI=1S/C6H8O7.C4H4O4.2K/c7-3(8)1-6(13,5(11)12)2-4(9)10;5-3(6)1-2-4(7)8;;/h13H,1-2H2,(H,7,8)(H,9,10)(H,11,12);1-2H,(H,5,6)(H,7,8);;/q;;2*+1/p-2/b;2-1+;;. The summed E-state index contributed by atoms with van der Waals surface area (Å²) in [6.45, 7) is 0. The number of carbonyl (C=O) groups excluding carboxylic acids is 2. The Labute approximate surface area is 214 Å². The third kappa shape index (κ3) is 20.3. The molecule has 118 valence electrons. The molecule has 0 fully saturated rings. The zero-order valence-electron chi connectivity index (χ0n) is 12.2. The molecule has 0 aromatic rings. The van der Waals surface area contributed by atoms with Crippen LogP contribution in [0.3, 0.4) is 0 Å². The maximum absolute atomic E-state index is 10.3. The molecule has 0 spiro atoms. The van der Waals surface area contributed by atoms with E-state index in [2.05, 4.69) is 0 Å². The van der Waals surface area contributed by atoms with Crippen LogP contribution in [0.1, 0.15) is 12.8 Å². The second-order valence-corrected chi connectivity index (χ2v) is 3.45. The first-order chi connectivity index (χ1) is 9.40. The molecule has 0 radical (unpaired) electrons. The Kier molecular flexibility index (Phi) is 21.4. The van der Waals surface area contributed by atoms with E-state index in [1.165, 1.54) is 0 Å². The van der Waals surface area contributed by atoms with Crippen LogP contribution in [0.5, 0.6) is 0 Å². The Morgan fingerprint density at radius 2 is 1.04 bits per heavy atom. The minimum Gasteiger partial charge on any atom is -0.545 e. The SMILES string of the molecule is O=C(O)CC(O)(CC(=O)O)C(=O)O.O=C([O-])/C=C/C(=O)[O-].[K+].[K+]. The molecule has 0 aliphatic heterocycles. The van der Waals surface area contributed by atoms with Crippen molar-refractivity contribution in [1.29, 1.82) is 0 Å². The molecule has 0 amide bonds. The number of aliphatic carboxylic acids is 5. The zero-order valence-corrected chi connectivity index (χ0v) is 18.5. The largest absolute Gasteiger partial charge is 1.00 e. The van der Waals surface area contributed by atoms with E-state index in [1.54, 1.807) is 0 Å². The summed E-state index contributed by atoms with van der Waals surface area (Å²) in [5.74, 6) is -8.11. The second-order valence-electron chi connectivity index (χ2n) is 3.45. The molecule has 0 atom stereocenters. The maximum Gasteiger partial charge on any atom is 1.00 e. The molecule has 0 saturated carbocycles. The molecule has 0 aliphatic carbocycles. The number of carboxylic acid groups (broad SMARTS) is 5. The molecule has 13 heteroatoms. The van der Waals surface area contributed by atoms with Crippen LogP contribution < -0.4 is 113 Å². The van der Waals surface area contributed by atoms with Gasteiger partial charge in [-0.05, 0) is 12.2 Å². The van der Waals surface area contributed by atoms with Crippen molar-refractivity contribution in [2.45, 2.75) is 18.4 Å². The van der Waals surface area contributed by atoms with Crippen LogP contribution in [-0.4, -0.2) is 55.9 Å². The minimum atomic E-state index is -2.74. The fraction of sp³-hybridized carbons (Fsp3) is 0.300. The monoisotopic (exact) mass is 384 g/mol. The number of carbonyl (C=O) groups is 5. The first-order valence-corrected chi connectivity index (χ1v) is 4.90. The molecule has 0 aliphatic rings. The van der Waals surface area contributed by atoms with Crippen LogP contribution >= 0.6 is 0 Å². The van der Waals surface area contributed by atoms with Gasteiger partial charge in [0.25, 0.3) is 0 Å². The van der Waals surface area contributed by atoms with Crippen molar-refractivity contribution >= 4 is 29.8 Å². The summed E-state index contributed by atoms with van der Waals surface area (Å²) in [7, 11) is 0. The first kappa shape index (κ1) is 31.1. The van der Waals surface area contributed by atoms with Crippen LogP contribution in [0.25, 0.3) is 0 Å². The van der Waals surface area contributed by atoms with E-state index in [1.807, 2.05) is 0 Å². The van der Waals surface area contributed by atoms with E-state index in [4.69, 9.17) is 20.4 Å². The van der Waals surface area contributed by atoms with Crippen molar-refractivity contribution in [1.82, 2.24) is 0 Å². The van der Waals surface area contributed by atoms with Crippen LogP contribution in [0, 0.1) is 0 Å². The fourth-order valence-electron chi connectivity index (χ4n) is 0.850.